The summed E-state index contributed by atoms with van der Waals surface area (Å²) in [6.07, 6.45) is 5.76. The van der Waals surface area contributed by atoms with Gasteiger partial charge in [0.05, 0.1) is 5.70 Å². The summed E-state index contributed by atoms with van der Waals surface area (Å²) in [6, 6.07) is 16.7. The van der Waals surface area contributed by atoms with Gasteiger partial charge < -0.3 is 10.2 Å². The maximum atomic E-state index is 12.9. The summed E-state index contributed by atoms with van der Waals surface area (Å²) >= 11 is 0. The summed E-state index contributed by atoms with van der Waals surface area (Å²) in [7, 11) is 0. The number of hydrogen-bond donors (Lipinski definition) is 2. The molecule has 32 heavy (non-hydrogen) atoms. The van der Waals surface area contributed by atoms with Crippen LogP contribution in [0.2, 0.25) is 0 Å². The molecule has 1 saturated heterocycles. The third-order valence-corrected chi connectivity index (χ3v) is 6.51. The molecule has 0 aromatic heterocycles. The number of urea groups is 1. The van der Waals surface area contributed by atoms with E-state index in [4.69, 9.17) is 4.84 Å². The molecule has 0 radical (unpaired) electrons. The van der Waals surface area contributed by atoms with E-state index in [1.54, 1.807) is 0 Å². The number of likely N-dealkylation sites (tertiary alicyclic amines) is 1. The molecule has 0 bridgehead atoms. The zero-order valence-electron chi connectivity index (χ0n) is 19.7. The zero-order valence-corrected chi connectivity index (χ0v) is 19.7. The molecule has 1 fully saturated rings. The molecule has 1 spiro atoms. The lowest BCUT2D eigenvalue weighted by molar-refractivity contribution is -0.0634. The molecule has 2 amide bonds. The average Bonchev–Trinajstić information content (AvgIpc) is 3.19. The van der Waals surface area contributed by atoms with Gasteiger partial charge in [-0.15, -0.1) is 0 Å². The molecule has 2 aromatic carbocycles. The van der Waals surface area contributed by atoms with E-state index >= 15 is 0 Å². The zero-order chi connectivity index (χ0) is 22.8. The van der Waals surface area contributed by atoms with E-state index in [1.807, 2.05) is 23.1 Å². The van der Waals surface area contributed by atoms with E-state index in [0.717, 1.165) is 42.6 Å². The van der Waals surface area contributed by atoms with Crippen molar-refractivity contribution in [1.82, 2.24) is 10.4 Å². The highest BCUT2D eigenvalue weighted by Crippen LogP contribution is 2.35. The van der Waals surface area contributed by atoms with Crippen molar-refractivity contribution in [2.75, 3.05) is 18.4 Å². The Morgan fingerprint density at radius 3 is 2.44 bits per heavy atom. The van der Waals surface area contributed by atoms with Gasteiger partial charge in [-0.25, -0.2) is 4.79 Å². The highest BCUT2D eigenvalue weighted by molar-refractivity contribution is 5.90. The quantitative estimate of drug-likeness (QED) is 0.633. The number of benzene rings is 2. The molecule has 4 rings (SSSR count). The largest absolute Gasteiger partial charge is 0.324 e. The Hall–Kier alpha value is -2.79. The highest BCUT2D eigenvalue weighted by Gasteiger charge is 2.40. The highest BCUT2D eigenvalue weighted by atomic mass is 16.7. The van der Waals surface area contributed by atoms with Gasteiger partial charge in [0.15, 0.2) is 0 Å². The third kappa shape index (κ3) is 4.83. The van der Waals surface area contributed by atoms with E-state index < -0.39 is 0 Å². The molecule has 2 N–H and O–H groups in total. The predicted molar refractivity (Wildman–Crippen MR) is 130 cm³/mol. The lowest BCUT2D eigenvalue weighted by atomic mass is 9.86. The monoisotopic (exact) mass is 433 g/mol. The predicted octanol–water partition coefficient (Wildman–Crippen LogP) is 5.88. The Morgan fingerprint density at radius 1 is 1.09 bits per heavy atom. The molecule has 0 aliphatic carbocycles. The second kappa shape index (κ2) is 8.99. The van der Waals surface area contributed by atoms with Crippen LogP contribution in [-0.4, -0.2) is 29.6 Å². The summed E-state index contributed by atoms with van der Waals surface area (Å²) in [6.45, 7) is 10.1. The number of amides is 2. The van der Waals surface area contributed by atoms with E-state index in [0.29, 0.717) is 13.1 Å². The van der Waals surface area contributed by atoms with Crippen LogP contribution in [0, 0.1) is 0 Å². The second-order valence-corrected chi connectivity index (χ2v) is 9.98. The number of para-hydroxylation sites is 1. The van der Waals surface area contributed by atoms with Gasteiger partial charge in [0, 0.05) is 31.6 Å². The number of hydrogen-bond acceptors (Lipinski definition) is 3. The van der Waals surface area contributed by atoms with Gasteiger partial charge in [-0.1, -0.05) is 76.6 Å². The van der Waals surface area contributed by atoms with E-state index in [2.05, 4.69) is 74.9 Å². The number of carbonyl (C=O) groups excluding carboxylic acids is 1. The Bertz CT molecular complexity index is 981. The maximum absolute atomic E-state index is 12.9. The summed E-state index contributed by atoms with van der Waals surface area (Å²) in [4.78, 5) is 20.8. The SMILES string of the molecule is CCCc1ccccc1NC(=O)N1CCC2(C=C(c3ccc(C(C)(C)C)cc3)NO2)CC1. The number of carbonyl (C=O) groups is 1. The number of nitrogens with zero attached hydrogens (tertiary/aromatic N) is 1. The van der Waals surface area contributed by atoms with Crippen molar-refractivity contribution in [3.05, 3.63) is 71.3 Å². The smallest absolute Gasteiger partial charge is 0.321 e. The molecule has 170 valence electrons. The topological polar surface area (TPSA) is 53.6 Å². The van der Waals surface area contributed by atoms with Crippen molar-refractivity contribution < 1.29 is 9.63 Å². The van der Waals surface area contributed by atoms with Crippen molar-refractivity contribution in [2.45, 2.75) is 64.4 Å². The molecular formula is C27H35N3O2. The van der Waals surface area contributed by atoms with Crippen LogP contribution in [0.4, 0.5) is 10.5 Å². The lowest BCUT2D eigenvalue weighted by Crippen LogP contribution is -2.48. The van der Waals surface area contributed by atoms with Crippen LogP contribution in [0.25, 0.3) is 5.70 Å². The number of nitrogens with one attached hydrogen (secondary N) is 2. The Morgan fingerprint density at radius 2 is 1.78 bits per heavy atom. The molecule has 2 aliphatic rings. The van der Waals surface area contributed by atoms with Crippen LogP contribution in [0.15, 0.2) is 54.6 Å². The second-order valence-electron chi connectivity index (χ2n) is 9.98. The van der Waals surface area contributed by atoms with E-state index in [-0.39, 0.29) is 17.0 Å². The molecule has 0 atom stereocenters. The normalized spacial score (nSPS) is 17.8. The van der Waals surface area contributed by atoms with Crippen molar-refractivity contribution in [3.8, 4) is 0 Å². The Labute approximate surface area is 191 Å². The Balaban J connectivity index is 1.38. The summed E-state index contributed by atoms with van der Waals surface area (Å²) in [5, 5.41) is 3.11. The van der Waals surface area contributed by atoms with Crippen LogP contribution in [0.5, 0.6) is 0 Å². The van der Waals surface area contributed by atoms with Gasteiger partial charge in [-0.2, -0.15) is 0 Å². The standard InChI is InChI=1S/C27H35N3O2/c1-5-8-20-9-6-7-10-23(20)28-25(31)30-17-15-27(16-18-30)19-24(29-32-27)21-11-13-22(14-12-21)26(2,3)4/h6-7,9-14,19,29H,5,8,15-18H2,1-4H3,(H,28,31). The molecule has 5 nitrogen and oxygen atoms in total. The molecule has 0 unspecified atom stereocenters. The first-order valence-electron chi connectivity index (χ1n) is 11.7. The van der Waals surface area contributed by atoms with Crippen molar-refractivity contribution in [3.63, 3.8) is 0 Å². The summed E-state index contributed by atoms with van der Waals surface area (Å²) < 4.78 is 0. The number of rotatable bonds is 4. The van der Waals surface area contributed by atoms with Crippen LogP contribution >= 0.6 is 0 Å². The number of hydroxylamine groups is 1. The first-order valence-corrected chi connectivity index (χ1v) is 11.7. The van der Waals surface area contributed by atoms with Crippen LogP contribution in [0.1, 0.15) is 63.6 Å². The molecule has 2 aromatic rings. The van der Waals surface area contributed by atoms with Gasteiger partial charge in [-0.3, -0.25) is 10.3 Å². The number of aryl methyl sites for hydroxylation is 1. The molecule has 2 heterocycles. The molecule has 5 heteroatoms. The van der Waals surface area contributed by atoms with Gasteiger partial charge in [0.1, 0.15) is 5.60 Å². The fourth-order valence-corrected chi connectivity index (χ4v) is 4.43. The minimum atomic E-state index is -0.352. The van der Waals surface area contributed by atoms with E-state index in [1.165, 1.54) is 11.1 Å². The average molecular weight is 434 g/mol. The molecular weight excluding hydrogens is 398 g/mol. The van der Waals surface area contributed by atoms with Gasteiger partial charge in [0.25, 0.3) is 0 Å². The van der Waals surface area contributed by atoms with Crippen molar-refractivity contribution in [2.24, 2.45) is 0 Å². The lowest BCUT2D eigenvalue weighted by Gasteiger charge is -2.36. The van der Waals surface area contributed by atoms with Crippen LogP contribution < -0.4 is 10.8 Å². The van der Waals surface area contributed by atoms with Crippen molar-refractivity contribution >= 4 is 17.4 Å². The van der Waals surface area contributed by atoms with Gasteiger partial charge in [-0.05, 0) is 40.7 Å². The van der Waals surface area contributed by atoms with E-state index in [9.17, 15) is 4.79 Å². The summed E-state index contributed by atoms with van der Waals surface area (Å²) in [5.41, 5.74) is 8.48. The fraction of sp³-hybridized carbons (Fsp3) is 0.444. The summed E-state index contributed by atoms with van der Waals surface area (Å²) in [5.74, 6) is 0. The fourth-order valence-electron chi connectivity index (χ4n) is 4.43. The van der Waals surface area contributed by atoms with Crippen LogP contribution in [0.3, 0.4) is 0 Å². The Kier molecular flexibility index (Phi) is 6.29. The third-order valence-electron chi connectivity index (χ3n) is 6.51. The van der Waals surface area contributed by atoms with Gasteiger partial charge >= 0.3 is 6.03 Å². The van der Waals surface area contributed by atoms with Gasteiger partial charge in [0.2, 0.25) is 0 Å². The molecule has 0 saturated carbocycles. The minimum absolute atomic E-state index is 0.0312. The van der Waals surface area contributed by atoms with Crippen LogP contribution in [-0.2, 0) is 16.7 Å². The number of piperidine rings is 1. The first-order chi connectivity index (χ1) is 15.3. The maximum Gasteiger partial charge on any atom is 0.321 e. The number of anilines is 1. The minimum Gasteiger partial charge on any atom is -0.324 e. The first kappa shape index (κ1) is 22.4. The molecule has 2 aliphatic heterocycles. The van der Waals surface area contributed by atoms with Crippen molar-refractivity contribution in [1.29, 1.82) is 0 Å².